The van der Waals surface area contributed by atoms with Gasteiger partial charge in [0.05, 0.1) is 22.8 Å². The van der Waals surface area contributed by atoms with Gasteiger partial charge in [-0.15, -0.1) is 0 Å². The maximum atomic E-state index is 12.5. The number of hydrogen-bond acceptors (Lipinski definition) is 2. The Morgan fingerprint density at radius 1 is 1.22 bits per heavy atom. The molecule has 0 fully saturated rings. The summed E-state index contributed by atoms with van der Waals surface area (Å²) in [6, 6.07) is 6.77. The van der Waals surface area contributed by atoms with Crippen LogP contribution in [0.3, 0.4) is 0 Å². The Bertz CT molecular complexity index is 536. The highest BCUT2D eigenvalue weighted by atomic mass is 79.9. The highest BCUT2D eigenvalue weighted by Gasteiger charge is 2.30. The summed E-state index contributed by atoms with van der Waals surface area (Å²) in [5.41, 5.74) is -0.279. The minimum absolute atomic E-state index is 0.314. The molecule has 1 aromatic carbocycles. The zero-order chi connectivity index (χ0) is 13.2. The normalized spacial score (nSPS) is 11.6. The summed E-state index contributed by atoms with van der Waals surface area (Å²) >= 11 is 3.27. The van der Waals surface area contributed by atoms with Gasteiger partial charge in [-0.3, -0.25) is 0 Å². The molecule has 0 amide bonds. The molecule has 0 atom stereocenters. The molecule has 0 aliphatic heterocycles. The van der Waals surface area contributed by atoms with Gasteiger partial charge in [0.25, 0.3) is 0 Å². The smallest absolute Gasteiger partial charge is 0.416 e. The van der Waals surface area contributed by atoms with Crippen LogP contribution in [0.5, 0.6) is 0 Å². The van der Waals surface area contributed by atoms with Gasteiger partial charge in [0, 0.05) is 5.69 Å². The number of hydrogen-bond donors (Lipinski definition) is 1. The molecule has 96 valence electrons. The average molecular weight is 320 g/mol. The van der Waals surface area contributed by atoms with Crippen LogP contribution in [-0.4, -0.2) is 0 Å². The minimum atomic E-state index is -4.33. The first kappa shape index (κ1) is 13.0. The predicted molar refractivity (Wildman–Crippen MR) is 65.2 cm³/mol. The fraction of sp³-hybridized carbons (Fsp3) is 0.167. The van der Waals surface area contributed by atoms with Gasteiger partial charge in [-0.2, -0.15) is 13.2 Å². The summed E-state index contributed by atoms with van der Waals surface area (Å²) in [4.78, 5) is 0. The van der Waals surface area contributed by atoms with E-state index in [-0.39, 0.29) is 0 Å². The fourth-order valence-corrected chi connectivity index (χ4v) is 1.78. The van der Waals surface area contributed by atoms with Gasteiger partial charge < -0.3 is 9.73 Å². The van der Waals surface area contributed by atoms with Crippen LogP contribution < -0.4 is 5.32 Å². The first-order valence-corrected chi connectivity index (χ1v) is 5.89. The SMILES string of the molecule is FC(F)(F)c1cccc(NCc2occc2Br)c1. The lowest BCUT2D eigenvalue weighted by atomic mass is 10.2. The highest BCUT2D eigenvalue weighted by molar-refractivity contribution is 9.10. The van der Waals surface area contributed by atoms with Gasteiger partial charge in [-0.25, -0.2) is 0 Å². The van der Waals surface area contributed by atoms with Crippen LogP contribution in [-0.2, 0) is 12.7 Å². The molecule has 0 saturated heterocycles. The molecular weight excluding hydrogens is 311 g/mol. The van der Waals surface area contributed by atoms with Crippen LogP contribution in [0.1, 0.15) is 11.3 Å². The van der Waals surface area contributed by atoms with E-state index in [2.05, 4.69) is 21.2 Å². The number of nitrogens with one attached hydrogen (secondary N) is 1. The molecule has 0 aliphatic rings. The van der Waals surface area contributed by atoms with E-state index in [4.69, 9.17) is 4.42 Å². The number of benzene rings is 1. The van der Waals surface area contributed by atoms with E-state index in [1.54, 1.807) is 12.1 Å². The Balaban J connectivity index is 2.09. The zero-order valence-electron chi connectivity index (χ0n) is 9.09. The summed E-state index contributed by atoms with van der Waals surface area (Å²) in [6.45, 7) is 0.314. The van der Waals surface area contributed by atoms with Gasteiger partial charge in [-0.1, -0.05) is 6.07 Å². The first-order valence-electron chi connectivity index (χ1n) is 5.10. The zero-order valence-corrected chi connectivity index (χ0v) is 10.7. The molecule has 2 nitrogen and oxygen atoms in total. The minimum Gasteiger partial charge on any atom is -0.466 e. The lowest BCUT2D eigenvalue weighted by molar-refractivity contribution is -0.137. The Labute approximate surface area is 110 Å². The van der Waals surface area contributed by atoms with Gasteiger partial charge in [0.2, 0.25) is 0 Å². The van der Waals surface area contributed by atoms with Crippen molar-refractivity contribution in [3.63, 3.8) is 0 Å². The van der Waals surface area contributed by atoms with E-state index >= 15 is 0 Å². The van der Waals surface area contributed by atoms with E-state index in [1.807, 2.05) is 0 Å². The summed E-state index contributed by atoms with van der Waals surface area (Å²) in [6.07, 6.45) is -2.82. The second-order valence-electron chi connectivity index (χ2n) is 3.62. The summed E-state index contributed by atoms with van der Waals surface area (Å²) < 4.78 is 43.4. The van der Waals surface area contributed by atoms with Crippen molar-refractivity contribution in [2.24, 2.45) is 0 Å². The van der Waals surface area contributed by atoms with E-state index in [0.29, 0.717) is 18.0 Å². The monoisotopic (exact) mass is 319 g/mol. The molecule has 0 radical (unpaired) electrons. The van der Waals surface area contributed by atoms with Crippen molar-refractivity contribution in [3.8, 4) is 0 Å². The molecule has 0 bridgehead atoms. The molecule has 0 spiro atoms. The highest BCUT2D eigenvalue weighted by Crippen LogP contribution is 2.30. The number of halogens is 4. The number of alkyl halides is 3. The first-order chi connectivity index (χ1) is 8.47. The fourth-order valence-electron chi connectivity index (χ4n) is 1.44. The third kappa shape index (κ3) is 3.07. The Kier molecular flexibility index (Phi) is 3.65. The van der Waals surface area contributed by atoms with Crippen molar-refractivity contribution in [2.45, 2.75) is 12.7 Å². The molecule has 0 unspecified atom stereocenters. The third-order valence-corrected chi connectivity index (χ3v) is 3.04. The average Bonchev–Trinajstić information content (AvgIpc) is 2.72. The van der Waals surface area contributed by atoms with Crippen LogP contribution in [0, 0.1) is 0 Å². The second-order valence-corrected chi connectivity index (χ2v) is 4.48. The molecule has 0 saturated carbocycles. The second kappa shape index (κ2) is 5.06. The maximum Gasteiger partial charge on any atom is 0.416 e. The Morgan fingerprint density at radius 3 is 2.61 bits per heavy atom. The van der Waals surface area contributed by atoms with Crippen molar-refractivity contribution >= 4 is 21.6 Å². The van der Waals surface area contributed by atoms with Crippen molar-refractivity contribution < 1.29 is 17.6 Å². The molecule has 6 heteroatoms. The van der Waals surface area contributed by atoms with Crippen LogP contribution in [0.25, 0.3) is 0 Å². The lowest BCUT2D eigenvalue weighted by Crippen LogP contribution is -2.06. The molecular formula is C12H9BrF3NO. The van der Waals surface area contributed by atoms with E-state index in [9.17, 15) is 13.2 Å². The van der Waals surface area contributed by atoms with Gasteiger partial charge in [0.1, 0.15) is 5.76 Å². The number of anilines is 1. The number of rotatable bonds is 3. The van der Waals surface area contributed by atoms with Crippen LogP contribution in [0.15, 0.2) is 45.5 Å². The van der Waals surface area contributed by atoms with E-state index in [1.165, 1.54) is 12.3 Å². The van der Waals surface area contributed by atoms with Crippen LogP contribution >= 0.6 is 15.9 Å². The van der Waals surface area contributed by atoms with Crippen molar-refractivity contribution in [3.05, 3.63) is 52.4 Å². The van der Waals surface area contributed by atoms with Crippen molar-refractivity contribution in [1.82, 2.24) is 0 Å². The quantitative estimate of drug-likeness (QED) is 0.889. The largest absolute Gasteiger partial charge is 0.466 e. The van der Waals surface area contributed by atoms with Gasteiger partial charge >= 0.3 is 6.18 Å². The summed E-state index contributed by atoms with van der Waals surface area (Å²) in [5.74, 6) is 0.632. The van der Waals surface area contributed by atoms with Crippen molar-refractivity contribution in [1.29, 1.82) is 0 Å². The Hall–Kier alpha value is -1.43. The van der Waals surface area contributed by atoms with E-state index < -0.39 is 11.7 Å². The summed E-state index contributed by atoms with van der Waals surface area (Å²) in [5, 5.41) is 2.88. The number of furan rings is 1. The van der Waals surface area contributed by atoms with Gasteiger partial charge in [0.15, 0.2) is 0 Å². The summed E-state index contributed by atoms with van der Waals surface area (Å²) in [7, 11) is 0. The standard InChI is InChI=1S/C12H9BrF3NO/c13-10-4-5-18-11(10)7-17-9-3-1-2-8(6-9)12(14,15)16/h1-6,17H,7H2. The van der Waals surface area contributed by atoms with Crippen LogP contribution in [0.2, 0.25) is 0 Å². The van der Waals surface area contributed by atoms with E-state index in [0.717, 1.165) is 16.6 Å². The van der Waals surface area contributed by atoms with Crippen molar-refractivity contribution in [2.75, 3.05) is 5.32 Å². The molecule has 1 aromatic heterocycles. The molecule has 18 heavy (non-hydrogen) atoms. The van der Waals surface area contributed by atoms with Crippen LogP contribution in [0.4, 0.5) is 18.9 Å². The third-order valence-electron chi connectivity index (χ3n) is 2.33. The van der Waals surface area contributed by atoms with Gasteiger partial charge in [-0.05, 0) is 40.2 Å². The molecule has 1 heterocycles. The maximum absolute atomic E-state index is 12.5. The lowest BCUT2D eigenvalue weighted by Gasteiger charge is -2.09. The Morgan fingerprint density at radius 2 is 2.00 bits per heavy atom. The molecule has 0 aliphatic carbocycles. The molecule has 2 aromatic rings. The topological polar surface area (TPSA) is 25.2 Å². The molecule has 1 N–H and O–H groups in total. The molecule has 2 rings (SSSR count). The predicted octanol–water partition coefficient (Wildman–Crippen LogP) is 4.67.